The minimum atomic E-state index is -0.290. The highest BCUT2D eigenvalue weighted by Gasteiger charge is 2.11. The molecular weight excluding hydrogens is 629 g/mol. The summed E-state index contributed by atoms with van der Waals surface area (Å²) in [5, 5.41) is 39.3. The number of rotatable bonds is 14. The van der Waals surface area contributed by atoms with Crippen LogP contribution in [0.5, 0.6) is 0 Å². The van der Waals surface area contributed by atoms with Crippen molar-refractivity contribution in [3.63, 3.8) is 0 Å². The Morgan fingerprint density at radius 2 is 1.26 bits per heavy atom. The summed E-state index contributed by atoms with van der Waals surface area (Å²) in [5.74, 6) is 1.62. The lowest BCUT2D eigenvalue weighted by molar-refractivity contribution is -0.119. The van der Waals surface area contributed by atoms with Crippen molar-refractivity contribution in [3.8, 4) is 0 Å². The standard InChI is InChI=1S/C34H42N10OS2/c1-24-39-15-17-43(24)22-28-9-5-7-26(19-28)13-14-41-33(37)46-30(35)11-3-4-12-31(36)47-34(38)42-32(45)21-27-8-6-10-29(20-27)23-44-18-16-40-25(44)2/h5-10,15-20,35-36H,3-4,11-14,21-23H2,1-2H3,(H2,37,41)(H2,38,42,45). The van der Waals surface area contributed by atoms with E-state index in [4.69, 9.17) is 21.6 Å². The minimum absolute atomic E-state index is 0.0620. The van der Waals surface area contributed by atoms with E-state index < -0.39 is 0 Å². The highest BCUT2D eigenvalue weighted by molar-refractivity contribution is 8.26. The smallest absolute Gasteiger partial charge is 0.230 e. The van der Waals surface area contributed by atoms with Crippen LogP contribution in [0.15, 0.2) is 73.3 Å². The van der Waals surface area contributed by atoms with Crippen molar-refractivity contribution in [2.24, 2.45) is 0 Å². The maximum Gasteiger partial charge on any atom is 0.230 e. The number of carbonyl (C=O) groups is 1. The van der Waals surface area contributed by atoms with Gasteiger partial charge in [-0.05, 0) is 91.7 Å². The van der Waals surface area contributed by atoms with Gasteiger partial charge in [0.2, 0.25) is 5.91 Å². The van der Waals surface area contributed by atoms with E-state index in [-0.39, 0.29) is 22.7 Å². The predicted molar refractivity (Wildman–Crippen MR) is 193 cm³/mol. The van der Waals surface area contributed by atoms with Crippen LogP contribution in [0.1, 0.15) is 59.6 Å². The molecule has 0 radical (unpaired) electrons. The summed E-state index contributed by atoms with van der Waals surface area (Å²) in [6.07, 6.45) is 10.8. The number of hydrogen-bond donors (Lipinski definition) is 6. The number of imidazole rings is 2. The van der Waals surface area contributed by atoms with Gasteiger partial charge in [0.1, 0.15) is 11.6 Å². The average molecular weight is 671 g/mol. The lowest BCUT2D eigenvalue weighted by atomic mass is 10.1. The molecule has 0 aliphatic rings. The molecule has 2 aromatic carbocycles. The molecule has 0 spiro atoms. The Balaban J connectivity index is 1.05. The van der Waals surface area contributed by atoms with Crippen molar-refractivity contribution < 1.29 is 4.79 Å². The number of aromatic nitrogens is 4. The van der Waals surface area contributed by atoms with Crippen LogP contribution in [-0.4, -0.2) is 52.0 Å². The van der Waals surface area contributed by atoms with E-state index >= 15 is 0 Å². The fraction of sp³-hybridized carbons (Fsp3) is 0.324. The quantitative estimate of drug-likeness (QED) is 0.0535. The minimum Gasteiger partial charge on any atom is -0.364 e. The Bertz CT molecular complexity index is 1710. The predicted octanol–water partition coefficient (Wildman–Crippen LogP) is 6.13. The zero-order valence-corrected chi connectivity index (χ0v) is 28.4. The first kappa shape index (κ1) is 35.4. The maximum atomic E-state index is 12.5. The van der Waals surface area contributed by atoms with E-state index in [0.29, 0.717) is 48.9 Å². The second kappa shape index (κ2) is 18.0. The number of nitrogens with one attached hydrogen (secondary N) is 6. The molecule has 0 saturated carbocycles. The Morgan fingerprint density at radius 3 is 1.81 bits per heavy atom. The monoisotopic (exact) mass is 670 g/mol. The molecule has 4 rings (SSSR count). The van der Waals surface area contributed by atoms with Crippen molar-refractivity contribution in [1.82, 2.24) is 29.7 Å². The van der Waals surface area contributed by atoms with Gasteiger partial charge in [-0.3, -0.25) is 26.4 Å². The number of amides is 1. The first-order chi connectivity index (χ1) is 22.6. The number of unbranched alkanes of at least 4 members (excludes halogenated alkanes) is 1. The number of nitrogens with zero attached hydrogens (tertiary/aromatic N) is 4. The molecule has 6 N–H and O–H groups in total. The molecule has 11 nitrogen and oxygen atoms in total. The van der Waals surface area contributed by atoms with Gasteiger partial charge in [0.25, 0.3) is 0 Å². The third kappa shape index (κ3) is 12.3. The average Bonchev–Trinajstić information content (AvgIpc) is 3.62. The molecule has 246 valence electrons. The zero-order valence-electron chi connectivity index (χ0n) is 26.8. The first-order valence-electron chi connectivity index (χ1n) is 15.5. The van der Waals surface area contributed by atoms with Crippen LogP contribution in [0.3, 0.4) is 0 Å². The second-order valence-electron chi connectivity index (χ2n) is 11.2. The van der Waals surface area contributed by atoms with Gasteiger partial charge in [0.15, 0.2) is 10.3 Å². The van der Waals surface area contributed by atoms with E-state index in [2.05, 4.69) is 49.4 Å². The Morgan fingerprint density at radius 1 is 0.745 bits per heavy atom. The van der Waals surface area contributed by atoms with Crippen molar-refractivity contribution in [2.75, 3.05) is 6.54 Å². The van der Waals surface area contributed by atoms with E-state index in [1.54, 1.807) is 12.4 Å². The summed E-state index contributed by atoms with van der Waals surface area (Å²) in [7, 11) is 0. The Hall–Kier alpha value is -4.49. The molecule has 13 heteroatoms. The molecule has 2 heterocycles. The lowest BCUT2D eigenvalue weighted by Crippen LogP contribution is -2.29. The van der Waals surface area contributed by atoms with Gasteiger partial charge < -0.3 is 19.8 Å². The van der Waals surface area contributed by atoms with Crippen LogP contribution < -0.4 is 10.6 Å². The number of thioether (sulfide) groups is 2. The highest BCUT2D eigenvalue weighted by atomic mass is 32.2. The zero-order chi connectivity index (χ0) is 33.6. The summed E-state index contributed by atoms with van der Waals surface area (Å²) in [6, 6.07) is 16.2. The van der Waals surface area contributed by atoms with Crippen LogP contribution in [0.2, 0.25) is 0 Å². The summed E-state index contributed by atoms with van der Waals surface area (Å²) < 4.78 is 4.15. The van der Waals surface area contributed by atoms with E-state index in [1.165, 1.54) is 11.1 Å². The molecule has 0 fully saturated rings. The van der Waals surface area contributed by atoms with Gasteiger partial charge in [0, 0.05) is 44.4 Å². The lowest BCUT2D eigenvalue weighted by Gasteiger charge is -2.10. The molecule has 47 heavy (non-hydrogen) atoms. The van der Waals surface area contributed by atoms with Crippen LogP contribution in [0.25, 0.3) is 0 Å². The van der Waals surface area contributed by atoms with Gasteiger partial charge in [-0.1, -0.05) is 48.5 Å². The van der Waals surface area contributed by atoms with Crippen molar-refractivity contribution in [1.29, 1.82) is 21.6 Å². The van der Waals surface area contributed by atoms with Gasteiger partial charge in [0.05, 0.1) is 16.5 Å². The molecule has 0 atom stereocenters. The number of benzene rings is 2. The normalized spacial score (nSPS) is 10.9. The van der Waals surface area contributed by atoms with Gasteiger partial charge in [-0.2, -0.15) is 0 Å². The first-order valence-corrected chi connectivity index (χ1v) is 17.1. The summed E-state index contributed by atoms with van der Waals surface area (Å²) >= 11 is 2.06. The fourth-order valence-corrected chi connectivity index (χ4v) is 6.24. The van der Waals surface area contributed by atoms with Crippen molar-refractivity contribution in [3.05, 3.63) is 107 Å². The van der Waals surface area contributed by atoms with Crippen LogP contribution in [0.4, 0.5) is 0 Å². The van der Waals surface area contributed by atoms with Crippen molar-refractivity contribution in [2.45, 2.75) is 65.5 Å². The molecule has 0 bridgehead atoms. The topological polar surface area (TPSA) is 172 Å². The van der Waals surface area contributed by atoms with Crippen LogP contribution in [0, 0.1) is 35.5 Å². The number of aryl methyl sites for hydroxylation is 2. The molecular formula is C34H42N10OS2. The highest BCUT2D eigenvalue weighted by Crippen LogP contribution is 2.15. The van der Waals surface area contributed by atoms with Gasteiger partial charge in [-0.15, -0.1) is 0 Å². The number of amidine groups is 2. The van der Waals surface area contributed by atoms with Crippen LogP contribution >= 0.6 is 23.5 Å². The molecule has 0 unspecified atom stereocenters. The van der Waals surface area contributed by atoms with Crippen LogP contribution in [-0.2, 0) is 30.7 Å². The molecule has 0 aliphatic heterocycles. The summed E-state index contributed by atoms with van der Waals surface area (Å²) in [4.78, 5) is 21.0. The molecule has 1 amide bonds. The van der Waals surface area contributed by atoms with E-state index in [9.17, 15) is 4.79 Å². The molecule has 0 aliphatic carbocycles. The Labute approximate surface area is 284 Å². The third-order valence-corrected chi connectivity index (χ3v) is 8.92. The SMILES string of the molecule is Cc1nccn1Cc1cccc(CCNC(=N)SC(=N)CCCCC(=N)SC(=N)NC(=O)Cc2cccc(Cn3ccnc3C)c2)c1. The summed E-state index contributed by atoms with van der Waals surface area (Å²) in [5.41, 5.74) is 4.32. The molecule has 4 aromatic rings. The summed E-state index contributed by atoms with van der Waals surface area (Å²) in [6.45, 7) is 6.00. The molecule has 0 saturated heterocycles. The van der Waals surface area contributed by atoms with E-state index in [0.717, 1.165) is 59.3 Å². The van der Waals surface area contributed by atoms with Crippen molar-refractivity contribution >= 4 is 49.9 Å². The fourth-order valence-electron chi connectivity index (χ4n) is 4.91. The third-order valence-electron chi connectivity index (χ3n) is 7.36. The van der Waals surface area contributed by atoms with Gasteiger partial charge >= 0.3 is 0 Å². The number of hydrogen-bond acceptors (Lipinski definition) is 9. The maximum absolute atomic E-state index is 12.5. The number of carbonyl (C=O) groups excluding carboxylic acids is 1. The largest absolute Gasteiger partial charge is 0.364 e. The second-order valence-corrected chi connectivity index (χ2v) is 13.4. The van der Waals surface area contributed by atoms with Gasteiger partial charge in [-0.25, -0.2) is 9.97 Å². The molecule has 2 aromatic heterocycles. The Kier molecular flexibility index (Phi) is 13.5. The van der Waals surface area contributed by atoms with E-state index in [1.807, 2.05) is 55.1 Å².